The molecule has 1 atom stereocenters. The lowest BCUT2D eigenvalue weighted by Gasteiger charge is -2.17. The Bertz CT molecular complexity index is 615. The Morgan fingerprint density at radius 1 is 1.35 bits per heavy atom. The summed E-state index contributed by atoms with van der Waals surface area (Å²) in [6.07, 6.45) is 0.334. The minimum atomic E-state index is -0.616. The third-order valence-electron chi connectivity index (χ3n) is 3.70. The molecule has 20 heavy (non-hydrogen) atoms. The summed E-state index contributed by atoms with van der Waals surface area (Å²) in [5.74, 6) is 0.683. The van der Waals surface area contributed by atoms with Crippen molar-refractivity contribution in [3.05, 3.63) is 40.7 Å². The molecule has 0 saturated heterocycles. The van der Waals surface area contributed by atoms with Crippen LogP contribution < -0.4 is 4.74 Å². The van der Waals surface area contributed by atoms with E-state index in [-0.39, 0.29) is 0 Å². The lowest BCUT2D eigenvalue weighted by Crippen LogP contribution is -2.07. The normalized spacial score (nSPS) is 12.5. The summed E-state index contributed by atoms with van der Waals surface area (Å²) in [7, 11) is 1.61. The van der Waals surface area contributed by atoms with Crippen molar-refractivity contribution in [2.75, 3.05) is 7.11 Å². The molecule has 0 saturated carbocycles. The largest absolute Gasteiger partial charge is 0.496 e. The Morgan fingerprint density at radius 3 is 2.55 bits per heavy atom. The van der Waals surface area contributed by atoms with Gasteiger partial charge in [0, 0.05) is 11.3 Å². The highest BCUT2D eigenvalue weighted by Gasteiger charge is 2.19. The van der Waals surface area contributed by atoms with Crippen LogP contribution in [0.15, 0.2) is 18.2 Å². The van der Waals surface area contributed by atoms with Crippen molar-refractivity contribution in [1.82, 2.24) is 9.78 Å². The monoisotopic (exact) mass is 274 g/mol. The molecule has 0 spiro atoms. The second kappa shape index (κ2) is 5.67. The Balaban J connectivity index is 2.70. The van der Waals surface area contributed by atoms with Gasteiger partial charge in [-0.15, -0.1) is 0 Å². The molecule has 1 unspecified atom stereocenters. The molecule has 2 aromatic rings. The average molecular weight is 274 g/mol. The first kappa shape index (κ1) is 14.6. The minimum absolute atomic E-state index is 0.616. The predicted molar refractivity (Wildman–Crippen MR) is 79.6 cm³/mol. The van der Waals surface area contributed by atoms with Gasteiger partial charge < -0.3 is 9.84 Å². The highest BCUT2D eigenvalue weighted by molar-refractivity contribution is 5.52. The van der Waals surface area contributed by atoms with Gasteiger partial charge in [0.2, 0.25) is 0 Å². The van der Waals surface area contributed by atoms with Gasteiger partial charge in [0.15, 0.2) is 0 Å². The molecule has 1 aromatic heterocycles. The molecular weight excluding hydrogens is 252 g/mol. The van der Waals surface area contributed by atoms with Crippen molar-refractivity contribution in [2.45, 2.75) is 40.2 Å². The summed E-state index contributed by atoms with van der Waals surface area (Å²) in [5, 5.41) is 14.7. The van der Waals surface area contributed by atoms with Gasteiger partial charge >= 0.3 is 0 Å². The highest BCUT2D eigenvalue weighted by Crippen LogP contribution is 2.32. The van der Waals surface area contributed by atoms with Crippen molar-refractivity contribution in [2.24, 2.45) is 0 Å². The van der Waals surface area contributed by atoms with Gasteiger partial charge in [-0.1, -0.05) is 13.0 Å². The van der Waals surface area contributed by atoms with Crippen LogP contribution in [0.5, 0.6) is 5.75 Å². The number of nitrogens with zero attached hydrogens (tertiary/aromatic N) is 2. The fourth-order valence-electron chi connectivity index (χ4n) is 2.74. The molecule has 4 heteroatoms. The molecule has 2 rings (SSSR count). The highest BCUT2D eigenvalue weighted by atomic mass is 16.5. The van der Waals surface area contributed by atoms with Crippen molar-refractivity contribution in [3.63, 3.8) is 0 Å². The van der Waals surface area contributed by atoms with E-state index >= 15 is 0 Å². The van der Waals surface area contributed by atoms with Crippen LogP contribution >= 0.6 is 0 Å². The average Bonchev–Trinajstić information content (AvgIpc) is 2.72. The Morgan fingerprint density at radius 2 is 2.05 bits per heavy atom. The molecule has 1 N–H and O–H groups in total. The first-order valence-corrected chi connectivity index (χ1v) is 6.91. The maximum atomic E-state index is 10.1. The molecule has 4 nitrogen and oxygen atoms in total. The Labute approximate surface area is 120 Å². The second-order valence-electron chi connectivity index (χ2n) is 4.98. The van der Waals surface area contributed by atoms with Gasteiger partial charge in [0.1, 0.15) is 5.75 Å². The number of aromatic nitrogens is 2. The summed E-state index contributed by atoms with van der Waals surface area (Å²) in [6, 6.07) is 5.74. The van der Waals surface area contributed by atoms with Gasteiger partial charge in [0.05, 0.1) is 24.6 Å². The Kier molecular flexibility index (Phi) is 4.14. The fraction of sp³-hybridized carbons (Fsp3) is 0.438. The van der Waals surface area contributed by atoms with Crippen LogP contribution in [0, 0.1) is 13.8 Å². The number of rotatable bonds is 4. The lowest BCUT2D eigenvalue weighted by molar-refractivity contribution is 0.194. The first-order chi connectivity index (χ1) is 9.51. The summed E-state index contributed by atoms with van der Waals surface area (Å²) in [4.78, 5) is 0. The summed E-state index contributed by atoms with van der Waals surface area (Å²) >= 11 is 0. The van der Waals surface area contributed by atoms with Crippen molar-refractivity contribution in [3.8, 4) is 11.4 Å². The zero-order valence-corrected chi connectivity index (χ0v) is 12.8. The van der Waals surface area contributed by atoms with Gasteiger partial charge in [-0.3, -0.25) is 0 Å². The van der Waals surface area contributed by atoms with E-state index in [2.05, 4.69) is 18.9 Å². The predicted octanol–water partition coefficient (Wildman–Crippen LogP) is 3.11. The number of benzene rings is 1. The van der Waals surface area contributed by atoms with Crippen LogP contribution in [0.25, 0.3) is 5.69 Å². The van der Waals surface area contributed by atoms with Crippen molar-refractivity contribution >= 4 is 0 Å². The van der Waals surface area contributed by atoms with E-state index in [4.69, 9.17) is 4.74 Å². The van der Waals surface area contributed by atoms with Crippen molar-refractivity contribution in [1.29, 1.82) is 0 Å². The van der Waals surface area contributed by atoms with Gasteiger partial charge in [-0.25, -0.2) is 4.68 Å². The number of ether oxygens (including phenoxy) is 1. The molecule has 0 amide bonds. The molecule has 0 bridgehead atoms. The van der Waals surface area contributed by atoms with Gasteiger partial charge in [0.25, 0.3) is 0 Å². The second-order valence-corrected chi connectivity index (χ2v) is 4.98. The lowest BCUT2D eigenvalue weighted by atomic mass is 10.1. The molecule has 0 fully saturated rings. The van der Waals surface area contributed by atoms with Crippen LogP contribution in [-0.4, -0.2) is 22.0 Å². The van der Waals surface area contributed by atoms with Crippen LogP contribution in [0.4, 0.5) is 0 Å². The van der Waals surface area contributed by atoms with E-state index < -0.39 is 6.10 Å². The zero-order chi connectivity index (χ0) is 14.9. The molecule has 0 aliphatic heterocycles. The number of aliphatic hydroxyl groups excluding tert-OH is 1. The topological polar surface area (TPSA) is 47.3 Å². The fourth-order valence-corrected chi connectivity index (χ4v) is 2.74. The summed E-state index contributed by atoms with van der Waals surface area (Å²) < 4.78 is 7.27. The van der Waals surface area contributed by atoms with E-state index in [9.17, 15) is 5.11 Å². The molecule has 1 aromatic carbocycles. The van der Waals surface area contributed by atoms with Crippen LogP contribution in [-0.2, 0) is 6.42 Å². The van der Waals surface area contributed by atoms with E-state index in [1.807, 2.05) is 29.8 Å². The third kappa shape index (κ3) is 2.31. The molecule has 0 aliphatic carbocycles. The first-order valence-electron chi connectivity index (χ1n) is 6.91. The molecule has 1 heterocycles. The maximum absolute atomic E-state index is 10.1. The summed E-state index contributed by atoms with van der Waals surface area (Å²) in [5.41, 5.74) is 5.04. The number of hydrogen-bond donors (Lipinski definition) is 1. The Hall–Kier alpha value is -1.81. The quantitative estimate of drug-likeness (QED) is 0.932. The maximum Gasteiger partial charge on any atom is 0.126 e. The molecular formula is C16H22N2O2. The van der Waals surface area contributed by atoms with Crippen LogP contribution in [0.2, 0.25) is 0 Å². The standard InChI is InChI=1S/C16H22N2O2/c1-6-13-10(2)17-18(11(13)3)14-8-7-9-15(20-5)16(14)12(4)19/h7-9,12,19H,6H2,1-5H3. The molecule has 0 aliphatic rings. The van der Waals surface area contributed by atoms with E-state index in [1.165, 1.54) is 5.56 Å². The number of aryl methyl sites for hydroxylation is 1. The number of hydrogen-bond acceptors (Lipinski definition) is 3. The number of aliphatic hydroxyl groups is 1. The van der Waals surface area contributed by atoms with E-state index in [0.717, 1.165) is 29.1 Å². The number of methoxy groups -OCH3 is 1. The van der Waals surface area contributed by atoms with Crippen LogP contribution in [0.3, 0.4) is 0 Å². The summed E-state index contributed by atoms with van der Waals surface area (Å²) in [6.45, 7) is 7.95. The molecule has 0 radical (unpaired) electrons. The van der Waals surface area contributed by atoms with Gasteiger partial charge in [-0.05, 0) is 44.9 Å². The van der Waals surface area contributed by atoms with E-state index in [1.54, 1.807) is 14.0 Å². The smallest absolute Gasteiger partial charge is 0.126 e. The third-order valence-corrected chi connectivity index (χ3v) is 3.70. The SMILES string of the molecule is CCc1c(C)nn(-c2cccc(OC)c2C(C)O)c1C. The minimum Gasteiger partial charge on any atom is -0.496 e. The van der Waals surface area contributed by atoms with E-state index in [0.29, 0.717) is 5.75 Å². The van der Waals surface area contributed by atoms with Crippen LogP contribution in [0.1, 0.15) is 42.5 Å². The van der Waals surface area contributed by atoms with Crippen molar-refractivity contribution < 1.29 is 9.84 Å². The van der Waals surface area contributed by atoms with Gasteiger partial charge in [-0.2, -0.15) is 5.10 Å². The zero-order valence-electron chi connectivity index (χ0n) is 12.8. The molecule has 108 valence electrons.